The van der Waals surface area contributed by atoms with E-state index in [1.807, 2.05) is 25.1 Å². The lowest BCUT2D eigenvalue weighted by Crippen LogP contribution is -2.04. The minimum Gasteiger partial charge on any atom is -0.493 e. The molecule has 0 atom stereocenters. The van der Waals surface area contributed by atoms with Crippen molar-refractivity contribution in [1.82, 2.24) is 0 Å². The van der Waals surface area contributed by atoms with Crippen LogP contribution in [0.3, 0.4) is 0 Å². The van der Waals surface area contributed by atoms with E-state index in [1.165, 1.54) is 6.07 Å². The zero-order chi connectivity index (χ0) is 15.8. The summed E-state index contributed by atoms with van der Waals surface area (Å²) in [5.74, 6) is 1.44. The van der Waals surface area contributed by atoms with E-state index in [0.29, 0.717) is 19.0 Å². The zero-order valence-corrected chi connectivity index (χ0v) is 13.0. The van der Waals surface area contributed by atoms with Crippen molar-refractivity contribution < 1.29 is 18.6 Å². The van der Waals surface area contributed by atoms with Gasteiger partial charge in [-0.15, -0.1) is 0 Å². The molecule has 0 aliphatic heterocycles. The number of unbranched alkanes of at least 4 members (excludes halogenated alkanes) is 1. The van der Waals surface area contributed by atoms with E-state index in [0.717, 1.165) is 29.9 Å². The quantitative estimate of drug-likeness (QED) is 0.677. The fourth-order valence-corrected chi connectivity index (χ4v) is 2.02. The minimum absolute atomic E-state index is 0.295. The second-order valence-corrected chi connectivity index (χ2v) is 4.99. The number of hydrogen-bond acceptors (Lipinski definition) is 3. The molecule has 0 aromatic heterocycles. The monoisotopic (exact) mass is 304 g/mol. The number of aryl methyl sites for hydroxylation is 1. The first-order chi connectivity index (χ1) is 10.7. The molecule has 4 heteroatoms. The van der Waals surface area contributed by atoms with Crippen LogP contribution in [0.4, 0.5) is 4.39 Å². The van der Waals surface area contributed by atoms with Gasteiger partial charge in [0.25, 0.3) is 0 Å². The Balaban J connectivity index is 1.69. The Morgan fingerprint density at radius 3 is 2.23 bits per heavy atom. The smallest absolute Gasteiger partial charge is 0.165 e. The molecular weight excluding hydrogens is 283 g/mol. The van der Waals surface area contributed by atoms with Crippen molar-refractivity contribution in [3.05, 3.63) is 53.8 Å². The average Bonchev–Trinajstić information content (AvgIpc) is 2.53. The van der Waals surface area contributed by atoms with Gasteiger partial charge >= 0.3 is 0 Å². The third kappa shape index (κ3) is 4.65. The van der Waals surface area contributed by atoms with Crippen LogP contribution >= 0.6 is 0 Å². The van der Waals surface area contributed by atoms with E-state index in [1.54, 1.807) is 25.3 Å². The van der Waals surface area contributed by atoms with Gasteiger partial charge in [0.15, 0.2) is 23.1 Å². The van der Waals surface area contributed by atoms with Gasteiger partial charge in [-0.3, -0.25) is 0 Å². The summed E-state index contributed by atoms with van der Waals surface area (Å²) in [4.78, 5) is 0. The van der Waals surface area contributed by atoms with Crippen molar-refractivity contribution >= 4 is 0 Å². The van der Waals surface area contributed by atoms with Crippen LogP contribution in [0.2, 0.25) is 0 Å². The number of hydrogen-bond donors (Lipinski definition) is 0. The van der Waals surface area contributed by atoms with Crippen molar-refractivity contribution in [2.45, 2.75) is 19.8 Å². The number of methoxy groups -OCH3 is 1. The minimum atomic E-state index is -0.330. The first-order valence-electron chi connectivity index (χ1n) is 7.35. The summed E-state index contributed by atoms with van der Waals surface area (Å²) in [5.41, 5.74) is 1.13. The van der Waals surface area contributed by atoms with Crippen LogP contribution in [0.15, 0.2) is 42.5 Å². The molecule has 2 rings (SSSR count). The molecule has 3 nitrogen and oxygen atoms in total. The molecule has 0 amide bonds. The summed E-state index contributed by atoms with van der Waals surface area (Å²) < 4.78 is 29.7. The molecule has 0 aliphatic rings. The highest BCUT2D eigenvalue weighted by molar-refractivity contribution is 5.42. The third-order valence-corrected chi connectivity index (χ3v) is 3.21. The number of rotatable bonds is 8. The van der Waals surface area contributed by atoms with Gasteiger partial charge in [-0.25, -0.2) is 4.39 Å². The van der Waals surface area contributed by atoms with E-state index in [2.05, 4.69) is 0 Å². The van der Waals surface area contributed by atoms with Crippen molar-refractivity contribution in [2.24, 2.45) is 0 Å². The van der Waals surface area contributed by atoms with Gasteiger partial charge < -0.3 is 14.2 Å². The largest absolute Gasteiger partial charge is 0.493 e. The number of benzene rings is 2. The van der Waals surface area contributed by atoms with Crippen LogP contribution in [0.5, 0.6) is 17.2 Å². The zero-order valence-electron chi connectivity index (χ0n) is 13.0. The molecule has 2 aromatic rings. The number of ether oxygens (including phenoxy) is 3. The first-order valence-corrected chi connectivity index (χ1v) is 7.35. The fourth-order valence-electron chi connectivity index (χ4n) is 2.02. The summed E-state index contributed by atoms with van der Waals surface area (Å²) >= 11 is 0. The molecule has 0 heterocycles. The maximum atomic E-state index is 13.3. The molecule has 0 fully saturated rings. The maximum absolute atomic E-state index is 13.3. The van der Waals surface area contributed by atoms with Gasteiger partial charge in [-0.1, -0.05) is 18.2 Å². The van der Waals surface area contributed by atoms with Gasteiger partial charge in [0.1, 0.15) is 0 Å². The van der Waals surface area contributed by atoms with Crippen LogP contribution in [0.1, 0.15) is 18.4 Å². The Hall–Kier alpha value is -2.23. The summed E-state index contributed by atoms with van der Waals surface area (Å²) in [6.07, 6.45) is 1.62. The van der Waals surface area contributed by atoms with E-state index < -0.39 is 0 Å². The summed E-state index contributed by atoms with van der Waals surface area (Å²) in [6.45, 7) is 3.04. The normalized spacial score (nSPS) is 10.3. The van der Waals surface area contributed by atoms with Crippen molar-refractivity contribution in [3.8, 4) is 17.2 Å². The topological polar surface area (TPSA) is 27.7 Å². The second-order valence-electron chi connectivity index (χ2n) is 4.99. The molecule has 0 spiro atoms. The molecule has 0 bridgehead atoms. The summed E-state index contributed by atoms with van der Waals surface area (Å²) in [5, 5.41) is 0. The van der Waals surface area contributed by atoms with Gasteiger partial charge in [0, 0.05) is 0 Å². The average molecular weight is 304 g/mol. The van der Waals surface area contributed by atoms with Crippen molar-refractivity contribution in [2.75, 3.05) is 20.3 Å². The summed E-state index contributed by atoms with van der Waals surface area (Å²) in [7, 11) is 1.63. The van der Waals surface area contributed by atoms with Gasteiger partial charge in [-0.2, -0.15) is 0 Å². The SMILES string of the molecule is COc1cc(C)ccc1OCCCCOc1ccccc1F. The highest BCUT2D eigenvalue weighted by Crippen LogP contribution is 2.27. The van der Waals surface area contributed by atoms with Crippen LogP contribution in [-0.4, -0.2) is 20.3 Å². The highest BCUT2D eigenvalue weighted by Gasteiger charge is 2.04. The highest BCUT2D eigenvalue weighted by atomic mass is 19.1. The van der Waals surface area contributed by atoms with E-state index in [-0.39, 0.29) is 5.82 Å². The number of halogens is 1. The lowest BCUT2D eigenvalue weighted by molar-refractivity contribution is 0.253. The predicted octanol–water partition coefficient (Wildman–Crippen LogP) is 4.38. The van der Waals surface area contributed by atoms with E-state index in [9.17, 15) is 4.39 Å². The fraction of sp³-hybridized carbons (Fsp3) is 0.333. The Bertz CT molecular complexity index is 599. The molecular formula is C18H21FO3. The van der Waals surface area contributed by atoms with Gasteiger partial charge in [-0.05, 0) is 49.6 Å². The van der Waals surface area contributed by atoms with Crippen LogP contribution < -0.4 is 14.2 Å². The molecule has 118 valence electrons. The van der Waals surface area contributed by atoms with Crippen LogP contribution in [-0.2, 0) is 0 Å². The van der Waals surface area contributed by atoms with Crippen LogP contribution in [0.25, 0.3) is 0 Å². The third-order valence-electron chi connectivity index (χ3n) is 3.21. The summed E-state index contributed by atoms with van der Waals surface area (Å²) in [6, 6.07) is 12.3. The molecule has 0 saturated heterocycles. The molecule has 22 heavy (non-hydrogen) atoms. The van der Waals surface area contributed by atoms with Crippen LogP contribution in [0, 0.1) is 12.7 Å². The maximum Gasteiger partial charge on any atom is 0.165 e. The van der Waals surface area contributed by atoms with E-state index >= 15 is 0 Å². The first kappa shape index (κ1) is 16.1. The Kier molecular flexibility index (Phi) is 6.07. The Labute approximate surface area is 130 Å². The Morgan fingerprint density at radius 2 is 1.55 bits per heavy atom. The predicted molar refractivity (Wildman–Crippen MR) is 84.4 cm³/mol. The van der Waals surface area contributed by atoms with Gasteiger partial charge in [0.2, 0.25) is 0 Å². The van der Waals surface area contributed by atoms with Crippen molar-refractivity contribution in [3.63, 3.8) is 0 Å². The lowest BCUT2D eigenvalue weighted by Gasteiger charge is -2.11. The molecule has 2 aromatic carbocycles. The molecule has 0 aliphatic carbocycles. The second kappa shape index (κ2) is 8.27. The molecule has 0 unspecified atom stereocenters. The Morgan fingerprint density at radius 1 is 0.864 bits per heavy atom. The standard InChI is InChI=1S/C18H21FO3/c1-14-9-10-17(18(13-14)20-2)22-12-6-5-11-21-16-8-4-3-7-15(16)19/h3-4,7-10,13H,5-6,11-12H2,1-2H3. The van der Waals surface area contributed by atoms with Crippen molar-refractivity contribution in [1.29, 1.82) is 0 Å². The number of para-hydroxylation sites is 1. The molecule has 0 radical (unpaired) electrons. The molecule has 0 saturated carbocycles. The van der Waals surface area contributed by atoms with Gasteiger partial charge in [0.05, 0.1) is 20.3 Å². The lowest BCUT2D eigenvalue weighted by atomic mass is 10.2. The van der Waals surface area contributed by atoms with E-state index in [4.69, 9.17) is 14.2 Å². The molecule has 0 N–H and O–H groups in total.